The normalized spacial score (nSPS) is 12.1. The second kappa shape index (κ2) is 17.9. The predicted molar refractivity (Wildman–Crippen MR) is 188 cm³/mol. The highest BCUT2D eigenvalue weighted by molar-refractivity contribution is 6.15. The van der Waals surface area contributed by atoms with Crippen molar-refractivity contribution in [2.75, 3.05) is 33.5 Å². The molecule has 0 aromatic heterocycles. The van der Waals surface area contributed by atoms with Gasteiger partial charge in [0.05, 0.1) is 26.9 Å². The molecule has 0 amide bonds. The molecule has 0 radical (unpaired) electrons. The summed E-state index contributed by atoms with van der Waals surface area (Å²) in [7, 11) is 1.22. The number of phenolic OH excluding ortho intramolecular Hbond substituents is 2. The van der Waals surface area contributed by atoms with Gasteiger partial charge in [-0.15, -0.1) is 0 Å². The number of allylic oxidation sites excluding steroid dienone is 3. The van der Waals surface area contributed by atoms with Crippen LogP contribution in [0.5, 0.6) is 11.5 Å². The molecule has 1 aliphatic heterocycles. The van der Waals surface area contributed by atoms with E-state index in [1.807, 2.05) is 66.7 Å². The molecular weight excluding hydrogens is 634 g/mol. The summed E-state index contributed by atoms with van der Waals surface area (Å²) in [5.41, 5.74) is 2.50. The Balaban J connectivity index is 1.19. The molecule has 0 bridgehead atoms. The van der Waals surface area contributed by atoms with Crippen LogP contribution in [0.4, 0.5) is 0 Å². The number of hydrogen-bond acceptors (Lipinski definition) is 9. The van der Waals surface area contributed by atoms with E-state index in [1.165, 1.54) is 7.11 Å². The minimum Gasteiger partial charge on any atom is -0.508 e. The second-order valence-corrected chi connectivity index (χ2v) is 11.7. The summed E-state index contributed by atoms with van der Waals surface area (Å²) in [6.07, 6.45) is 10.6. The number of benzene rings is 3. The van der Waals surface area contributed by atoms with Crippen LogP contribution >= 0.6 is 0 Å². The SMILES string of the molecule is [C-]#[N+]C(C=C1C=CN(CCOCCCOC(=O)CCC(C)(c2ccc(O)cc2)c2ccc(O)cc2)C=C1)=c1ccc(=C(C#N)C(=O)OC)cc1. The van der Waals surface area contributed by atoms with Gasteiger partial charge in [-0.05, 0) is 76.1 Å². The third kappa shape index (κ3) is 9.96. The summed E-state index contributed by atoms with van der Waals surface area (Å²) in [5, 5.41) is 29.8. The molecule has 2 N–H and O–H groups in total. The van der Waals surface area contributed by atoms with Crippen LogP contribution in [0.25, 0.3) is 16.1 Å². The Morgan fingerprint density at radius 1 is 0.900 bits per heavy atom. The smallest absolute Gasteiger partial charge is 0.349 e. The van der Waals surface area contributed by atoms with E-state index in [9.17, 15) is 25.1 Å². The third-order valence-electron chi connectivity index (χ3n) is 8.34. The Morgan fingerprint density at radius 3 is 2.02 bits per heavy atom. The van der Waals surface area contributed by atoms with Gasteiger partial charge >= 0.3 is 11.9 Å². The van der Waals surface area contributed by atoms with Crippen molar-refractivity contribution in [2.45, 2.75) is 31.6 Å². The van der Waals surface area contributed by atoms with E-state index in [1.54, 1.807) is 54.6 Å². The summed E-state index contributed by atoms with van der Waals surface area (Å²) in [5.74, 6) is -0.689. The van der Waals surface area contributed by atoms with Gasteiger partial charge in [0.15, 0.2) is 5.70 Å². The molecule has 0 aliphatic carbocycles. The summed E-state index contributed by atoms with van der Waals surface area (Å²) in [6, 6.07) is 22.3. The van der Waals surface area contributed by atoms with Crippen molar-refractivity contribution in [1.29, 1.82) is 5.26 Å². The molecule has 0 fully saturated rings. The van der Waals surface area contributed by atoms with E-state index in [0.29, 0.717) is 48.7 Å². The summed E-state index contributed by atoms with van der Waals surface area (Å²) in [4.78, 5) is 30.0. The van der Waals surface area contributed by atoms with Gasteiger partial charge < -0.3 is 29.3 Å². The topological polar surface area (TPSA) is 134 Å². The molecule has 1 heterocycles. The first-order valence-corrected chi connectivity index (χ1v) is 16.0. The van der Waals surface area contributed by atoms with E-state index >= 15 is 0 Å². The molecule has 3 aromatic carbocycles. The number of nitrogens with zero attached hydrogens (tertiary/aromatic N) is 3. The van der Waals surface area contributed by atoms with Crippen LogP contribution < -0.4 is 10.4 Å². The second-order valence-electron chi connectivity index (χ2n) is 11.7. The number of carbonyl (C=O) groups is 2. The number of carbonyl (C=O) groups excluding carboxylic acids is 2. The van der Waals surface area contributed by atoms with Gasteiger partial charge in [0, 0.05) is 43.8 Å². The molecule has 0 unspecified atom stereocenters. The minimum atomic E-state index is -0.711. The summed E-state index contributed by atoms with van der Waals surface area (Å²) in [6.45, 7) is 11.4. The number of esters is 2. The lowest BCUT2D eigenvalue weighted by atomic mass is 9.73. The molecule has 0 spiro atoms. The van der Waals surface area contributed by atoms with Crippen molar-refractivity contribution in [3.63, 3.8) is 0 Å². The first-order valence-electron chi connectivity index (χ1n) is 16.0. The Bertz CT molecular complexity index is 1880. The number of hydrogen-bond donors (Lipinski definition) is 2. The molecule has 0 saturated heterocycles. The quantitative estimate of drug-likeness (QED) is 0.138. The van der Waals surface area contributed by atoms with E-state index in [0.717, 1.165) is 16.7 Å². The monoisotopic (exact) mass is 673 g/mol. The first-order chi connectivity index (χ1) is 24.2. The molecule has 10 nitrogen and oxygen atoms in total. The van der Waals surface area contributed by atoms with E-state index in [4.69, 9.17) is 16.0 Å². The highest BCUT2D eigenvalue weighted by Gasteiger charge is 2.30. The van der Waals surface area contributed by atoms with Gasteiger partial charge in [-0.2, -0.15) is 5.26 Å². The molecule has 3 aromatic rings. The minimum absolute atomic E-state index is 0.0993. The molecule has 50 heavy (non-hydrogen) atoms. The van der Waals surface area contributed by atoms with Crippen LogP contribution in [0.1, 0.15) is 37.3 Å². The number of phenols is 2. The zero-order valence-corrected chi connectivity index (χ0v) is 28.0. The molecule has 0 atom stereocenters. The summed E-state index contributed by atoms with van der Waals surface area (Å²) < 4.78 is 15.9. The maximum absolute atomic E-state index is 12.6. The van der Waals surface area contributed by atoms with Gasteiger partial charge in [-0.1, -0.05) is 55.5 Å². The van der Waals surface area contributed by atoms with Crippen molar-refractivity contribution < 1.29 is 34.0 Å². The van der Waals surface area contributed by atoms with Crippen molar-refractivity contribution in [3.8, 4) is 17.6 Å². The molecular formula is C40H39N3O7. The fraction of sp³-hybridized carbons (Fsp3) is 0.250. The van der Waals surface area contributed by atoms with Crippen LogP contribution in [0.3, 0.4) is 0 Å². The van der Waals surface area contributed by atoms with Gasteiger partial charge in [0.2, 0.25) is 0 Å². The van der Waals surface area contributed by atoms with Gasteiger partial charge in [-0.25, -0.2) is 9.64 Å². The third-order valence-corrected chi connectivity index (χ3v) is 8.34. The highest BCUT2D eigenvalue weighted by Crippen LogP contribution is 2.37. The Kier molecular flexibility index (Phi) is 13.1. The Morgan fingerprint density at radius 2 is 1.48 bits per heavy atom. The number of rotatable bonds is 14. The van der Waals surface area contributed by atoms with Gasteiger partial charge in [0.25, 0.3) is 0 Å². The highest BCUT2D eigenvalue weighted by atomic mass is 16.5. The van der Waals surface area contributed by atoms with E-state index < -0.39 is 11.4 Å². The maximum atomic E-state index is 12.6. The lowest BCUT2D eigenvalue weighted by Crippen LogP contribution is -2.25. The van der Waals surface area contributed by atoms with Crippen molar-refractivity contribution in [3.05, 3.63) is 142 Å². The van der Waals surface area contributed by atoms with Crippen LogP contribution in [0.2, 0.25) is 0 Å². The van der Waals surface area contributed by atoms with Crippen LogP contribution in [-0.4, -0.2) is 60.5 Å². The van der Waals surface area contributed by atoms with Crippen LogP contribution in [0.15, 0.2) is 109 Å². The molecule has 1 aliphatic rings. The average Bonchev–Trinajstić information content (AvgIpc) is 3.14. The fourth-order valence-corrected chi connectivity index (χ4v) is 5.35. The predicted octanol–water partition coefficient (Wildman–Crippen LogP) is 4.98. The maximum Gasteiger partial charge on any atom is 0.349 e. The largest absolute Gasteiger partial charge is 0.508 e. The fourth-order valence-electron chi connectivity index (χ4n) is 5.35. The molecule has 10 heteroatoms. The zero-order chi connectivity index (χ0) is 35.9. The van der Waals surface area contributed by atoms with E-state index in [-0.39, 0.29) is 36.1 Å². The Labute approximate surface area is 291 Å². The van der Waals surface area contributed by atoms with Crippen molar-refractivity contribution in [2.24, 2.45) is 0 Å². The van der Waals surface area contributed by atoms with E-state index in [2.05, 4.69) is 9.58 Å². The number of aromatic hydroxyl groups is 2. The first kappa shape index (κ1) is 36.7. The zero-order valence-electron chi connectivity index (χ0n) is 28.0. The number of nitriles is 1. The summed E-state index contributed by atoms with van der Waals surface area (Å²) >= 11 is 0. The van der Waals surface area contributed by atoms with Gasteiger partial charge in [0.1, 0.15) is 23.1 Å². The van der Waals surface area contributed by atoms with Crippen LogP contribution in [-0.2, 0) is 29.2 Å². The van der Waals surface area contributed by atoms with Crippen molar-refractivity contribution in [1.82, 2.24) is 4.90 Å². The molecule has 256 valence electrons. The van der Waals surface area contributed by atoms with Crippen LogP contribution in [0, 0.1) is 17.9 Å². The lowest BCUT2D eigenvalue weighted by Gasteiger charge is -2.31. The van der Waals surface area contributed by atoms with Gasteiger partial charge in [-0.3, -0.25) is 4.79 Å². The molecule has 4 rings (SSSR count). The Hall–Kier alpha value is -6.10. The average molecular weight is 674 g/mol. The number of methoxy groups -OCH3 is 1. The number of ether oxygens (including phenoxy) is 3. The molecule has 0 saturated carbocycles. The van der Waals surface area contributed by atoms with Crippen molar-refractivity contribution >= 4 is 23.2 Å². The lowest BCUT2D eigenvalue weighted by molar-refractivity contribution is -0.144. The standard InChI is InChI=1S/C40H39N3O7/c1-40(32-9-13-34(44)14-10-32,33-11-15-35(45)16-12-33)20-17-38(46)50-25-4-24-49-26-23-43-21-18-29(19-22-43)27-37(42-2)31-7-5-30(6-8-31)36(28-41)39(47)48-3/h5-16,18-19,21-22,27,44-45H,4,17,20,23-26H2,1,3H3.